The van der Waals surface area contributed by atoms with Crippen LogP contribution in [0.5, 0.6) is 0 Å². The van der Waals surface area contributed by atoms with Gasteiger partial charge >= 0.3 is 0 Å². The van der Waals surface area contributed by atoms with E-state index in [1.54, 1.807) is 0 Å². The zero-order valence-corrected chi connectivity index (χ0v) is 18.7. The number of nitrogens with one attached hydrogen (secondary N) is 1. The Labute approximate surface area is 183 Å². The lowest BCUT2D eigenvalue weighted by molar-refractivity contribution is 0.0905. The summed E-state index contributed by atoms with van der Waals surface area (Å²) in [5.41, 5.74) is 5.73. The Morgan fingerprint density at radius 1 is 1.00 bits per heavy atom. The topological polar surface area (TPSA) is 63.6 Å². The summed E-state index contributed by atoms with van der Waals surface area (Å²) in [4.78, 5) is 2.20. The van der Waals surface area contributed by atoms with Crippen LogP contribution in [0.2, 0.25) is 0 Å². The molecule has 2 aliphatic heterocycles. The lowest BCUT2D eigenvalue weighted by Gasteiger charge is -2.30. The van der Waals surface area contributed by atoms with Crippen LogP contribution in [0.3, 0.4) is 0 Å². The quantitative estimate of drug-likeness (QED) is 0.672. The molecule has 31 heavy (non-hydrogen) atoms. The molecule has 0 aliphatic carbocycles. The number of hydrogen-bond acceptors (Lipinski definition) is 5. The molecule has 0 amide bonds. The molecule has 2 aliphatic rings. The smallest absolute Gasteiger partial charge is 0.153 e. The molecule has 2 fully saturated rings. The molecule has 2 aromatic carbocycles. The maximum atomic E-state index is 11.9. The summed E-state index contributed by atoms with van der Waals surface area (Å²) in [5.74, 6) is 0.440. The predicted octanol–water partition coefficient (Wildman–Crippen LogP) is 3.67. The van der Waals surface area contributed by atoms with Gasteiger partial charge in [0.2, 0.25) is 0 Å². The van der Waals surface area contributed by atoms with Gasteiger partial charge in [-0.15, -0.1) is 0 Å². The first kappa shape index (κ1) is 20.4. The fraction of sp³-hybridized carbons (Fsp3) is 0.417. The Morgan fingerprint density at radius 2 is 1.71 bits per heavy atom. The molecule has 0 saturated carbocycles. The van der Waals surface area contributed by atoms with Crippen LogP contribution in [-0.2, 0) is 21.6 Å². The third kappa shape index (κ3) is 4.16. The monoisotopic (exact) mass is 439 g/mol. The molecule has 3 heterocycles. The Hall–Kier alpha value is -2.51. The van der Waals surface area contributed by atoms with Crippen LogP contribution in [0.4, 0.5) is 11.4 Å². The Kier molecular flexibility index (Phi) is 5.40. The second-order valence-corrected chi connectivity index (χ2v) is 10.9. The number of sulfone groups is 1. The summed E-state index contributed by atoms with van der Waals surface area (Å²) < 4.78 is 31.6. The highest BCUT2D eigenvalue weighted by Gasteiger charge is 2.24. The zero-order chi connectivity index (χ0) is 21.4. The maximum absolute atomic E-state index is 11.9. The molecule has 7 heteroatoms. The van der Waals surface area contributed by atoms with Gasteiger partial charge in [-0.05, 0) is 36.6 Å². The molecular weight excluding hydrogens is 410 g/mol. The second kappa shape index (κ2) is 8.20. The van der Waals surface area contributed by atoms with Crippen LogP contribution >= 0.6 is 0 Å². The summed E-state index contributed by atoms with van der Waals surface area (Å²) >= 11 is 0. The van der Waals surface area contributed by atoms with Crippen molar-refractivity contribution in [3.05, 3.63) is 48.5 Å². The normalized spacial score (nSPS) is 19.6. The fourth-order valence-electron chi connectivity index (χ4n) is 4.70. The highest BCUT2D eigenvalue weighted by molar-refractivity contribution is 7.91. The molecule has 0 spiro atoms. The van der Waals surface area contributed by atoms with E-state index in [1.807, 2.05) is 6.07 Å². The minimum Gasteiger partial charge on any atom is -0.381 e. The molecule has 5 rings (SSSR count). The van der Waals surface area contributed by atoms with Crippen LogP contribution < -0.4 is 10.2 Å². The second-order valence-electron chi connectivity index (χ2n) is 8.56. The maximum Gasteiger partial charge on any atom is 0.153 e. The van der Waals surface area contributed by atoms with E-state index in [4.69, 9.17) is 4.74 Å². The number of nitrogens with zero attached hydrogens (tertiary/aromatic N) is 2. The molecule has 0 atom stereocenters. The third-order valence-electron chi connectivity index (χ3n) is 6.47. The Balaban J connectivity index is 1.59. The number of aryl methyl sites for hydroxylation is 1. The number of rotatable bonds is 4. The highest BCUT2D eigenvalue weighted by Crippen LogP contribution is 2.36. The van der Waals surface area contributed by atoms with Gasteiger partial charge in [-0.2, -0.15) is 0 Å². The van der Waals surface area contributed by atoms with Crippen LogP contribution in [0, 0.1) is 0 Å². The molecule has 0 bridgehead atoms. The molecule has 0 radical (unpaired) electrons. The average molecular weight is 440 g/mol. The minimum absolute atomic E-state index is 0.220. The van der Waals surface area contributed by atoms with E-state index in [0.29, 0.717) is 19.1 Å². The number of ether oxygens (including phenoxy) is 1. The number of benzene rings is 2. The van der Waals surface area contributed by atoms with Crippen LogP contribution in [0.15, 0.2) is 48.5 Å². The van der Waals surface area contributed by atoms with Crippen LogP contribution in [0.1, 0.15) is 12.8 Å². The standard InChI is InChI=1S/C24H29N3O3S/c1-26-23(18-5-3-2-4-6-18)16-19-15-21(27-9-13-31(28,29)14-10-27)17-22(24(19)26)25-20-7-11-30-12-8-20/h2-6,15-17,20,25H,7-14H2,1H3. The van der Waals surface area contributed by atoms with E-state index >= 15 is 0 Å². The summed E-state index contributed by atoms with van der Waals surface area (Å²) in [7, 11) is -0.795. The van der Waals surface area contributed by atoms with E-state index in [0.717, 1.165) is 37.4 Å². The largest absolute Gasteiger partial charge is 0.381 e. The zero-order valence-electron chi connectivity index (χ0n) is 17.9. The van der Waals surface area contributed by atoms with Gasteiger partial charge < -0.3 is 19.5 Å². The first-order valence-electron chi connectivity index (χ1n) is 11.0. The Morgan fingerprint density at radius 3 is 2.42 bits per heavy atom. The summed E-state index contributed by atoms with van der Waals surface area (Å²) in [5, 5.41) is 4.95. The fourth-order valence-corrected chi connectivity index (χ4v) is 5.90. The van der Waals surface area contributed by atoms with Crippen molar-refractivity contribution in [2.75, 3.05) is 48.0 Å². The van der Waals surface area contributed by atoms with Gasteiger partial charge in [0.05, 0.1) is 22.7 Å². The molecule has 0 unspecified atom stereocenters. The molecule has 3 aromatic rings. The number of anilines is 2. The first-order valence-corrected chi connectivity index (χ1v) is 12.8. The summed E-state index contributed by atoms with van der Waals surface area (Å²) in [6.07, 6.45) is 1.98. The third-order valence-corrected chi connectivity index (χ3v) is 8.08. The van der Waals surface area contributed by atoms with Crippen molar-refractivity contribution < 1.29 is 13.2 Å². The molecule has 164 valence electrons. The molecule has 1 N–H and O–H groups in total. The van der Waals surface area contributed by atoms with Crippen molar-refractivity contribution in [2.24, 2.45) is 7.05 Å². The van der Waals surface area contributed by atoms with E-state index in [9.17, 15) is 8.42 Å². The Bertz CT molecular complexity index is 1170. The van der Waals surface area contributed by atoms with Crippen molar-refractivity contribution in [1.82, 2.24) is 4.57 Å². The average Bonchev–Trinajstić information content (AvgIpc) is 3.12. The number of aromatic nitrogens is 1. The van der Waals surface area contributed by atoms with E-state index < -0.39 is 9.84 Å². The van der Waals surface area contributed by atoms with Gasteiger partial charge in [0.15, 0.2) is 9.84 Å². The predicted molar refractivity (Wildman–Crippen MR) is 127 cm³/mol. The van der Waals surface area contributed by atoms with Crippen LogP contribution in [-0.4, -0.2) is 56.8 Å². The van der Waals surface area contributed by atoms with Crippen molar-refractivity contribution in [1.29, 1.82) is 0 Å². The van der Waals surface area contributed by atoms with Crippen molar-refractivity contribution in [3.8, 4) is 11.3 Å². The van der Waals surface area contributed by atoms with Gasteiger partial charge in [-0.25, -0.2) is 8.42 Å². The SMILES string of the molecule is Cn1c(-c2ccccc2)cc2cc(N3CCS(=O)(=O)CC3)cc(NC3CCOCC3)c21. The number of hydrogen-bond donors (Lipinski definition) is 1. The molecule has 6 nitrogen and oxygen atoms in total. The molecule has 2 saturated heterocycles. The van der Waals surface area contributed by atoms with Crippen molar-refractivity contribution in [3.63, 3.8) is 0 Å². The number of fused-ring (bicyclic) bond motifs is 1. The minimum atomic E-state index is -2.91. The van der Waals surface area contributed by atoms with E-state index in [1.165, 1.54) is 22.2 Å². The molecular formula is C24H29N3O3S. The van der Waals surface area contributed by atoms with E-state index in [-0.39, 0.29) is 11.5 Å². The lowest BCUT2D eigenvalue weighted by Crippen LogP contribution is -2.40. The van der Waals surface area contributed by atoms with Gasteiger partial charge in [0.25, 0.3) is 0 Å². The van der Waals surface area contributed by atoms with Crippen molar-refractivity contribution >= 4 is 32.1 Å². The van der Waals surface area contributed by atoms with E-state index in [2.05, 4.69) is 64.3 Å². The summed E-state index contributed by atoms with van der Waals surface area (Å²) in [6, 6.07) is 17.5. The summed E-state index contributed by atoms with van der Waals surface area (Å²) in [6.45, 7) is 2.66. The van der Waals surface area contributed by atoms with Crippen LogP contribution in [0.25, 0.3) is 22.2 Å². The van der Waals surface area contributed by atoms with Gasteiger partial charge in [-0.3, -0.25) is 0 Å². The first-order chi connectivity index (χ1) is 15.0. The molecule has 1 aromatic heterocycles. The van der Waals surface area contributed by atoms with Gasteiger partial charge in [0, 0.05) is 56.2 Å². The van der Waals surface area contributed by atoms with Crippen molar-refractivity contribution in [2.45, 2.75) is 18.9 Å². The highest BCUT2D eigenvalue weighted by atomic mass is 32.2. The van der Waals surface area contributed by atoms with Gasteiger partial charge in [-0.1, -0.05) is 30.3 Å². The lowest BCUT2D eigenvalue weighted by atomic mass is 10.1. The van der Waals surface area contributed by atoms with Gasteiger partial charge in [0.1, 0.15) is 0 Å².